The average Bonchev–Trinajstić information content (AvgIpc) is 3.01. The number of rotatable bonds is 4. The molecule has 0 spiro atoms. The Hall–Kier alpha value is -1.26. The highest BCUT2D eigenvalue weighted by molar-refractivity contribution is 7.09. The second-order valence-corrected chi connectivity index (χ2v) is 6.29. The average molecular weight is 290 g/mol. The lowest BCUT2D eigenvalue weighted by atomic mass is 9.92. The molecule has 1 N–H and O–H groups in total. The Balaban J connectivity index is 2.09. The van der Waals surface area contributed by atoms with E-state index in [1.165, 1.54) is 5.56 Å². The quantitative estimate of drug-likeness (QED) is 0.927. The molecule has 2 aromatic rings. The first-order valence-corrected chi connectivity index (χ1v) is 8.00. The van der Waals surface area contributed by atoms with Crippen molar-refractivity contribution >= 4 is 11.3 Å². The predicted octanol–water partition coefficient (Wildman–Crippen LogP) is 3.78. The number of thiazole rings is 1. The smallest absolute Gasteiger partial charge is 0.123 e. The van der Waals surface area contributed by atoms with Crippen LogP contribution in [0.15, 0.2) is 23.6 Å². The molecular weight excluding hydrogens is 271 g/mol. The minimum atomic E-state index is -0.224. The zero-order chi connectivity index (χ0) is 14.2. The molecule has 1 heterocycles. The van der Waals surface area contributed by atoms with E-state index in [1.54, 1.807) is 23.5 Å². The molecule has 106 valence electrons. The lowest BCUT2D eigenvalue weighted by Crippen LogP contribution is -2.42. The van der Waals surface area contributed by atoms with Crippen LogP contribution in [0.3, 0.4) is 0 Å². The van der Waals surface area contributed by atoms with E-state index in [0.29, 0.717) is 0 Å². The van der Waals surface area contributed by atoms with Crippen molar-refractivity contribution in [3.05, 3.63) is 51.2 Å². The van der Waals surface area contributed by atoms with Crippen molar-refractivity contribution in [1.82, 2.24) is 10.3 Å². The summed E-state index contributed by atoms with van der Waals surface area (Å²) in [5, 5.41) is 6.87. The summed E-state index contributed by atoms with van der Waals surface area (Å²) < 4.78 is 13.4. The van der Waals surface area contributed by atoms with Crippen LogP contribution in [0.5, 0.6) is 0 Å². The van der Waals surface area contributed by atoms with Gasteiger partial charge in [-0.15, -0.1) is 11.3 Å². The number of halogens is 1. The maximum atomic E-state index is 13.4. The van der Waals surface area contributed by atoms with E-state index in [9.17, 15) is 4.39 Å². The molecule has 1 atom stereocenters. The molecule has 0 amide bonds. The van der Waals surface area contributed by atoms with Crippen molar-refractivity contribution in [2.75, 3.05) is 6.54 Å². The summed E-state index contributed by atoms with van der Waals surface area (Å²) in [7, 11) is 0. The van der Waals surface area contributed by atoms with Gasteiger partial charge in [-0.3, -0.25) is 0 Å². The van der Waals surface area contributed by atoms with Crippen molar-refractivity contribution in [2.24, 2.45) is 0 Å². The molecule has 0 saturated heterocycles. The molecule has 1 aromatic heterocycles. The minimum Gasteiger partial charge on any atom is -0.302 e. The van der Waals surface area contributed by atoms with E-state index in [0.717, 1.165) is 42.1 Å². The van der Waals surface area contributed by atoms with Gasteiger partial charge in [0.15, 0.2) is 0 Å². The van der Waals surface area contributed by atoms with Gasteiger partial charge in [-0.2, -0.15) is 0 Å². The molecule has 1 unspecified atom stereocenters. The number of nitrogens with zero attached hydrogens (tertiary/aromatic N) is 1. The van der Waals surface area contributed by atoms with E-state index in [-0.39, 0.29) is 11.4 Å². The topological polar surface area (TPSA) is 24.9 Å². The van der Waals surface area contributed by atoms with Crippen LogP contribution in [-0.4, -0.2) is 11.5 Å². The van der Waals surface area contributed by atoms with Crippen LogP contribution >= 0.6 is 11.3 Å². The highest BCUT2D eigenvalue weighted by atomic mass is 32.1. The van der Waals surface area contributed by atoms with Gasteiger partial charge in [0.25, 0.3) is 0 Å². The van der Waals surface area contributed by atoms with Gasteiger partial charge in [-0.25, -0.2) is 9.37 Å². The largest absolute Gasteiger partial charge is 0.302 e. The van der Waals surface area contributed by atoms with E-state index in [2.05, 4.69) is 17.6 Å². The predicted molar refractivity (Wildman–Crippen MR) is 80.6 cm³/mol. The number of aromatic nitrogens is 1. The maximum absolute atomic E-state index is 13.4. The molecule has 2 nitrogen and oxygen atoms in total. The fourth-order valence-electron chi connectivity index (χ4n) is 3.01. The molecule has 20 heavy (non-hydrogen) atoms. The van der Waals surface area contributed by atoms with Crippen molar-refractivity contribution in [1.29, 1.82) is 0 Å². The second-order valence-electron chi connectivity index (χ2n) is 5.43. The van der Waals surface area contributed by atoms with E-state index >= 15 is 0 Å². The highest BCUT2D eigenvalue weighted by Gasteiger charge is 2.42. The van der Waals surface area contributed by atoms with Gasteiger partial charge in [-0.05, 0) is 56.0 Å². The number of hydrogen-bond acceptors (Lipinski definition) is 3. The number of nitrogens with one attached hydrogen (secondary N) is 1. The van der Waals surface area contributed by atoms with E-state index in [1.807, 2.05) is 13.0 Å². The first-order valence-electron chi connectivity index (χ1n) is 7.12. The van der Waals surface area contributed by atoms with Gasteiger partial charge in [0, 0.05) is 11.1 Å². The molecule has 3 rings (SSSR count). The third-order valence-corrected chi connectivity index (χ3v) is 5.08. The summed E-state index contributed by atoms with van der Waals surface area (Å²) in [4.78, 5) is 4.70. The molecular formula is C16H19FN2S. The lowest BCUT2D eigenvalue weighted by Gasteiger charge is -2.30. The zero-order valence-corrected chi connectivity index (χ0v) is 12.7. The van der Waals surface area contributed by atoms with Crippen molar-refractivity contribution < 1.29 is 4.39 Å². The second kappa shape index (κ2) is 5.26. The Morgan fingerprint density at radius 2 is 2.30 bits per heavy atom. The van der Waals surface area contributed by atoms with Crippen LogP contribution in [0, 0.1) is 12.7 Å². The maximum Gasteiger partial charge on any atom is 0.123 e. The summed E-state index contributed by atoms with van der Waals surface area (Å²) >= 11 is 1.70. The summed E-state index contributed by atoms with van der Waals surface area (Å²) in [6, 6.07) is 5.16. The number of aryl methyl sites for hydroxylation is 2. The van der Waals surface area contributed by atoms with Gasteiger partial charge < -0.3 is 5.32 Å². The SMILES string of the molecule is CCCNC1(c2nc(C)cs2)CCc2cc(F)ccc21. The normalized spacial score (nSPS) is 21.1. The molecule has 1 aromatic carbocycles. The zero-order valence-electron chi connectivity index (χ0n) is 11.9. The van der Waals surface area contributed by atoms with Crippen LogP contribution in [0.2, 0.25) is 0 Å². The molecule has 0 radical (unpaired) electrons. The van der Waals surface area contributed by atoms with Crippen LogP contribution in [0.1, 0.15) is 41.6 Å². The molecule has 1 aliphatic carbocycles. The van der Waals surface area contributed by atoms with Crippen LogP contribution in [0.25, 0.3) is 0 Å². The Kier molecular flexibility index (Phi) is 3.61. The van der Waals surface area contributed by atoms with Gasteiger partial charge in [0.1, 0.15) is 10.8 Å². The van der Waals surface area contributed by atoms with Gasteiger partial charge >= 0.3 is 0 Å². The molecule has 0 fully saturated rings. The van der Waals surface area contributed by atoms with Crippen molar-refractivity contribution in [3.8, 4) is 0 Å². The molecule has 0 aliphatic heterocycles. The Morgan fingerprint density at radius 1 is 1.45 bits per heavy atom. The summed E-state index contributed by atoms with van der Waals surface area (Å²) in [6.45, 7) is 5.12. The van der Waals surface area contributed by atoms with Crippen LogP contribution in [0.4, 0.5) is 4.39 Å². The highest BCUT2D eigenvalue weighted by Crippen LogP contribution is 2.43. The van der Waals surface area contributed by atoms with Crippen molar-refractivity contribution in [2.45, 2.75) is 38.6 Å². The lowest BCUT2D eigenvalue weighted by molar-refractivity contribution is 0.397. The standard InChI is InChI=1S/C16H19FN2S/c1-3-8-18-16(15-19-11(2)10-20-15)7-6-12-9-13(17)4-5-14(12)16/h4-5,9-10,18H,3,6-8H2,1-2H3. The monoisotopic (exact) mass is 290 g/mol. The Morgan fingerprint density at radius 3 is 3.00 bits per heavy atom. The molecule has 0 saturated carbocycles. The first kappa shape index (κ1) is 13.7. The molecule has 1 aliphatic rings. The fraction of sp³-hybridized carbons (Fsp3) is 0.438. The number of benzene rings is 1. The fourth-order valence-corrected chi connectivity index (χ4v) is 4.03. The van der Waals surface area contributed by atoms with Crippen molar-refractivity contribution in [3.63, 3.8) is 0 Å². The van der Waals surface area contributed by atoms with Crippen LogP contribution in [-0.2, 0) is 12.0 Å². The van der Waals surface area contributed by atoms with Gasteiger partial charge in [-0.1, -0.05) is 13.0 Å². The minimum absolute atomic E-state index is 0.148. The molecule has 0 bridgehead atoms. The summed E-state index contributed by atoms with van der Waals surface area (Å²) in [6.07, 6.45) is 2.93. The summed E-state index contributed by atoms with van der Waals surface area (Å²) in [5.74, 6) is -0.148. The summed E-state index contributed by atoms with van der Waals surface area (Å²) in [5.41, 5.74) is 3.14. The Labute approximate surface area is 123 Å². The van der Waals surface area contributed by atoms with Gasteiger partial charge in [0.2, 0.25) is 0 Å². The van der Waals surface area contributed by atoms with Gasteiger partial charge in [0.05, 0.1) is 5.54 Å². The molecule has 4 heteroatoms. The number of hydrogen-bond donors (Lipinski definition) is 1. The Bertz CT molecular complexity index is 623. The third-order valence-electron chi connectivity index (χ3n) is 3.96. The van der Waals surface area contributed by atoms with Crippen LogP contribution < -0.4 is 5.32 Å². The van der Waals surface area contributed by atoms with E-state index < -0.39 is 0 Å². The number of fused-ring (bicyclic) bond motifs is 1. The third kappa shape index (κ3) is 2.17. The first-order chi connectivity index (χ1) is 9.65. The van der Waals surface area contributed by atoms with E-state index in [4.69, 9.17) is 4.98 Å².